The van der Waals surface area contributed by atoms with E-state index in [0.29, 0.717) is 25.6 Å². The average molecular weight is 286 g/mol. The third-order valence-corrected chi connectivity index (χ3v) is 3.00. The van der Waals surface area contributed by atoms with E-state index in [-0.39, 0.29) is 0 Å². The van der Waals surface area contributed by atoms with E-state index in [9.17, 15) is 0 Å². The fraction of sp³-hybridized carbons (Fsp3) is 0.353. The molecule has 0 fully saturated rings. The van der Waals surface area contributed by atoms with E-state index in [1.165, 1.54) is 0 Å². The van der Waals surface area contributed by atoms with Gasteiger partial charge in [0.15, 0.2) is 0 Å². The number of ether oxygens (including phenoxy) is 2. The second-order valence-corrected chi connectivity index (χ2v) is 4.77. The molecule has 1 heterocycles. The molecule has 0 radical (unpaired) electrons. The number of nitrogens with two attached hydrogens (primary N) is 1. The number of aromatic nitrogens is 1. The molecule has 4 heteroatoms. The first-order chi connectivity index (χ1) is 10.3. The number of pyridine rings is 1. The van der Waals surface area contributed by atoms with Crippen LogP contribution in [0.3, 0.4) is 0 Å². The normalized spacial score (nSPS) is 10.4. The Labute approximate surface area is 125 Å². The summed E-state index contributed by atoms with van der Waals surface area (Å²) in [6.45, 7) is 3.57. The SMILES string of the molecule is CCCc1cc(CN)cc(OCCOc2ccccc2)n1. The Hall–Kier alpha value is -2.07. The molecular formula is C17H22N2O2. The van der Waals surface area contributed by atoms with Crippen molar-refractivity contribution in [2.24, 2.45) is 5.73 Å². The maximum absolute atomic E-state index is 5.71. The molecule has 21 heavy (non-hydrogen) atoms. The fourth-order valence-corrected chi connectivity index (χ4v) is 2.02. The van der Waals surface area contributed by atoms with E-state index < -0.39 is 0 Å². The number of para-hydroxylation sites is 1. The van der Waals surface area contributed by atoms with Crippen molar-refractivity contribution in [3.05, 3.63) is 53.7 Å². The van der Waals surface area contributed by atoms with Gasteiger partial charge in [-0.2, -0.15) is 0 Å². The maximum atomic E-state index is 5.71. The zero-order valence-electron chi connectivity index (χ0n) is 12.4. The number of rotatable bonds is 8. The molecule has 4 nitrogen and oxygen atoms in total. The minimum atomic E-state index is 0.460. The molecule has 1 aromatic heterocycles. The van der Waals surface area contributed by atoms with Gasteiger partial charge in [0.1, 0.15) is 19.0 Å². The van der Waals surface area contributed by atoms with Gasteiger partial charge in [0, 0.05) is 18.3 Å². The molecule has 2 aromatic rings. The van der Waals surface area contributed by atoms with E-state index in [1.807, 2.05) is 42.5 Å². The van der Waals surface area contributed by atoms with Crippen molar-refractivity contribution in [1.82, 2.24) is 4.98 Å². The van der Waals surface area contributed by atoms with Crippen molar-refractivity contribution in [3.8, 4) is 11.6 Å². The minimum Gasteiger partial charge on any atom is -0.490 e. The summed E-state index contributed by atoms with van der Waals surface area (Å²) in [4.78, 5) is 4.48. The minimum absolute atomic E-state index is 0.460. The number of nitrogens with zero attached hydrogens (tertiary/aromatic N) is 1. The Balaban J connectivity index is 1.86. The molecule has 0 atom stereocenters. The van der Waals surface area contributed by atoms with Crippen LogP contribution in [-0.2, 0) is 13.0 Å². The highest BCUT2D eigenvalue weighted by atomic mass is 16.5. The van der Waals surface area contributed by atoms with Gasteiger partial charge in [-0.05, 0) is 30.2 Å². The molecule has 2 N–H and O–H groups in total. The predicted octanol–water partition coefficient (Wildman–Crippen LogP) is 2.95. The van der Waals surface area contributed by atoms with Crippen molar-refractivity contribution >= 4 is 0 Å². The number of hydrogen-bond acceptors (Lipinski definition) is 4. The first kappa shape index (κ1) is 15.3. The Morgan fingerprint density at radius 2 is 1.81 bits per heavy atom. The molecule has 0 aliphatic rings. The third kappa shape index (κ3) is 5.08. The quantitative estimate of drug-likeness (QED) is 0.758. The van der Waals surface area contributed by atoms with Gasteiger partial charge < -0.3 is 15.2 Å². The van der Waals surface area contributed by atoms with Gasteiger partial charge in [0.2, 0.25) is 5.88 Å². The van der Waals surface area contributed by atoms with Crippen LogP contribution < -0.4 is 15.2 Å². The lowest BCUT2D eigenvalue weighted by molar-refractivity contribution is 0.211. The largest absolute Gasteiger partial charge is 0.490 e. The molecule has 1 aromatic carbocycles. The Kier molecular flexibility index (Phi) is 6.03. The van der Waals surface area contributed by atoms with E-state index >= 15 is 0 Å². The van der Waals surface area contributed by atoms with Gasteiger partial charge >= 0.3 is 0 Å². The molecule has 0 amide bonds. The second kappa shape index (κ2) is 8.27. The summed E-state index contributed by atoms with van der Waals surface area (Å²) < 4.78 is 11.3. The Morgan fingerprint density at radius 1 is 1.05 bits per heavy atom. The third-order valence-electron chi connectivity index (χ3n) is 3.00. The summed E-state index contributed by atoms with van der Waals surface area (Å²) in [5.74, 6) is 1.47. The van der Waals surface area contributed by atoms with E-state index in [2.05, 4.69) is 11.9 Å². The molecule has 0 spiro atoms. The van der Waals surface area contributed by atoms with Crippen LogP contribution in [0.1, 0.15) is 24.6 Å². The van der Waals surface area contributed by atoms with Crippen LogP contribution in [-0.4, -0.2) is 18.2 Å². The molecule has 0 aliphatic heterocycles. The average Bonchev–Trinajstić information content (AvgIpc) is 2.53. The van der Waals surface area contributed by atoms with Crippen molar-refractivity contribution < 1.29 is 9.47 Å². The summed E-state index contributed by atoms with van der Waals surface area (Å²) >= 11 is 0. The van der Waals surface area contributed by atoms with Gasteiger partial charge in [-0.25, -0.2) is 4.98 Å². The molecule has 0 bridgehead atoms. The van der Waals surface area contributed by atoms with E-state index in [1.54, 1.807) is 0 Å². The van der Waals surface area contributed by atoms with Gasteiger partial charge in [-0.1, -0.05) is 31.5 Å². The van der Waals surface area contributed by atoms with Crippen LogP contribution in [0, 0.1) is 0 Å². The molecule has 0 aliphatic carbocycles. The summed E-state index contributed by atoms with van der Waals surface area (Å²) in [6, 6.07) is 13.6. The molecule has 0 saturated carbocycles. The van der Waals surface area contributed by atoms with Crippen LogP contribution in [0.15, 0.2) is 42.5 Å². The summed E-state index contributed by atoms with van der Waals surface area (Å²) in [7, 11) is 0. The van der Waals surface area contributed by atoms with E-state index in [0.717, 1.165) is 29.8 Å². The summed E-state index contributed by atoms with van der Waals surface area (Å²) in [6.07, 6.45) is 1.99. The predicted molar refractivity (Wildman–Crippen MR) is 83.6 cm³/mol. The van der Waals surface area contributed by atoms with Crippen molar-refractivity contribution in [2.45, 2.75) is 26.3 Å². The highest BCUT2D eigenvalue weighted by Crippen LogP contribution is 2.14. The van der Waals surface area contributed by atoms with Crippen molar-refractivity contribution in [3.63, 3.8) is 0 Å². The number of benzene rings is 1. The number of aryl methyl sites for hydroxylation is 1. The van der Waals surface area contributed by atoms with Crippen LogP contribution in [0.5, 0.6) is 11.6 Å². The fourth-order valence-electron chi connectivity index (χ4n) is 2.02. The van der Waals surface area contributed by atoms with Gasteiger partial charge in [0.25, 0.3) is 0 Å². The highest BCUT2D eigenvalue weighted by molar-refractivity contribution is 5.25. The summed E-state index contributed by atoms with van der Waals surface area (Å²) in [5.41, 5.74) is 7.78. The smallest absolute Gasteiger partial charge is 0.213 e. The van der Waals surface area contributed by atoms with Gasteiger partial charge in [-0.3, -0.25) is 0 Å². The first-order valence-electron chi connectivity index (χ1n) is 7.32. The zero-order chi connectivity index (χ0) is 14.9. The van der Waals surface area contributed by atoms with Crippen LogP contribution in [0.25, 0.3) is 0 Å². The lowest BCUT2D eigenvalue weighted by Gasteiger charge is -2.10. The molecule has 2 rings (SSSR count). The van der Waals surface area contributed by atoms with Crippen molar-refractivity contribution in [1.29, 1.82) is 0 Å². The topological polar surface area (TPSA) is 57.4 Å². The zero-order valence-corrected chi connectivity index (χ0v) is 12.4. The second-order valence-electron chi connectivity index (χ2n) is 4.77. The van der Waals surface area contributed by atoms with Gasteiger partial charge in [0.05, 0.1) is 0 Å². The van der Waals surface area contributed by atoms with Crippen LogP contribution in [0.4, 0.5) is 0 Å². The molecule has 0 unspecified atom stereocenters. The maximum Gasteiger partial charge on any atom is 0.213 e. The Morgan fingerprint density at radius 3 is 2.52 bits per heavy atom. The summed E-state index contributed by atoms with van der Waals surface area (Å²) in [5, 5.41) is 0. The lowest BCUT2D eigenvalue weighted by atomic mass is 10.1. The van der Waals surface area contributed by atoms with Crippen molar-refractivity contribution in [2.75, 3.05) is 13.2 Å². The number of hydrogen-bond donors (Lipinski definition) is 1. The van der Waals surface area contributed by atoms with Gasteiger partial charge in [-0.15, -0.1) is 0 Å². The van der Waals surface area contributed by atoms with E-state index in [4.69, 9.17) is 15.2 Å². The standard InChI is InChI=1S/C17H22N2O2/c1-2-6-15-11-14(13-18)12-17(19-15)21-10-9-20-16-7-4-3-5-8-16/h3-5,7-8,11-12H,2,6,9-10,13,18H2,1H3. The molecule has 112 valence electrons. The highest BCUT2D eigenvalue weighted by Gasteiger charge is 2.03. The Bertz CT molecular complexity index is 544. The monoisotopic (exact) mass is 286 g/mol. The van der Waals surface area contributed by atoms with Crippen LogP contribution in [0.2, 0.25) is 0 Å². The molecule has 0 saturated heterocycles. The first-order valence-corrected chi connectivity index (χ1v) is 7.32. The molecular weight excluding hydrogens is 264 g/mol. The van der Waals surface area contributed by atoms with Crippen LogP contribution >= 0.6 is 0 Å². The lowest BCUT2D eigenvalue weighted by Crippen LogP contribution is -2.11.